The third-order valence-electron chi connectivity index (χ3n) is 3.59. The second kappa shape index (κ2) is 12.1. The zero-order chi connectivity index (χ0) is 16.0. The third-order valence-corrected chi connectivity index (χ3v) is 3.59. The smallest absolute Gasteiger partial charge is 0.338 e. The molecule has 0 saturated carbocycles. The molecule has 1 aromatic carbocycles. The third kappa shape index (κ3) is 8.06. The number of hydrogen-bond donors (Lipinski definition) is 0. The Morgan fingerprint density at radius 3 is 2.14 bits per heavy atom. The lowest BCUT2D eigenvalue weighted by atomic mass is 10.1. The van der Waals surface area contributed by atoms with Crippen molar-refractivity contribution in [2.45, 2.75) is 65.2 Å². The van der Waals surface area contributed by atoms with Gasteiger partial charge in [0, 0.05) is 0 Å². The number of carbonyl (C=O) groups is 1. The maximum Gasteiger partial charge on any atom is 0.338 e. The van der Waals surface area contributed by atoms with Crippen LogP contribution in [0.2, 0.25) is 0 Å². The lowest BCUT2D eigenvalue weighted by Gasteiger charge is -2.07. The molecule has 22 heavy (non-hydrogen) atoms. The Kier molecular flexibility index (Phi) is 10.2. The SMILES string of the molecule is CCCCCCCCOC(=O)c1ccc(OCCCC)cc1. The fourth-order valence-electron chi connectivity index (χ4n) is 2.15. The lowest BCUT2D eigenvalue weighted by molar-refractivity contribution is 0.0497. The number of benzene rings is 1. The molecule has 0 N–H and O–H groups in total. The zero-order valence-corrected chi connectivity index (χ0v) is 14.1. The van der Waals surface area contributed by atoms with Crippen molar-refractivity contribution in [3.63, 3.8) is 0 Å². The van der Waals surface area contributed by atoms with Crippen LogP contribution in [0.1, 0.15) is 75.6 Å². The molecule has 0 saturated heterocycles. The number of ether oxygens (including phenoxy) is 2. The van der Waals surface area contributed by atoms with E-state index in [9.17, 15) is 4.79 Å². The van der Waals surface area contributed by atoms with Gasteiger partial charge in [-0.15, -0.1) is 0 Å². The predicted molar refractivity (Wildman–Crippen MR) is 90.5 cm³/mol. The Morgan fingerprint density at radius 2 is 1.45 bits per heavy atom. The highest BCUT2D eigenvalue weighted by atomic mass is 16.5. The Morgan fingerprint density at radius 1 is 0.818 bits per heavy atom. The zero-order valence-electron chi connectivity index (χ0n) is 14.1. The van der Waals surface area contributed by atoms with Crippen LogP contribution in [-0.4, -0.2) is 19.2 Å². The van der Waals surface area contributed by atoms with Gasteiger partial charge in [0.25, 0.3) is 0 Å². The van der Waals surface area contributed by atoms with Gasteiger partial charge in [-0.1, -0.05) is 52.4 Å². The highest BCUT2D eigenvalue weighted by Crippen LogP contribution is 2.14. The molecule has 0 aliphatic carbocycles. The Balaban J connectivity index is 2.19. The Labute approximate surface area is 135 Å². The van der Waals surface area contributed by atoms with Gasteiger partial charge < -0.3 is 9.47 Å². The maximum atomic E-state index is 11.9. The molecular weight excluding hydrogens is 276 g/mol. The molecule has 1 rings (SSSR count). The first-order valence-corrected chi connectivity index (χ1v) is 8.68. The van der Waals surface area contributed by atoms with E-state index in [-0.39, 0.29) is 5.97 Å². The quantitative estimate of drug-likeness (QED) is 0.384. The van der Waals surface area contributed by atoms with Crippen molar-refractivity contribution < 1.29 is 14.3 Å². The molecule has 0 fully saturated rings. The normalized spacial score (nSPS) is 10.5. The van der Waals surface area contributed by atoms with E-state index in [1.54, 1.807) is 12.1 Å². The Hall–Kier alpha value is -1.51. The van der Waals surface area contributed by atoms with Crippen LogP contribution in [0.5, 0.6) is 5.75 Å². The molecule has 124 valence electrons. The van der Waals surface area contributed by atoms with Crippen molar-refractivity contribution in [2.75, 3.05) is 13.2 Å². The van der Waals surface area contributed by atoms with Gasteiger partial charge in [-0.3, -0.25) is 0 Å². The molecule has 0 spiro atoms. The van der Waals surface area contributed by atoms with Gasteiger partial charge in [-0.25, -0.2) is 4.79 Å². The van der Waals surface area contributed by atoms with E-state index in [2.05, 4.69) is 13.8 Å². The number of carbonyl (C=O) groups excluding carboxylic acids is 1. The van der Waals surface area contributed by atoms with Crippen molar-refractivity contribution in [1.29, 1.82) is 0 Å². The second-order valence-corrected chi connectivity index (χ2v) is 5.63. The summed E-state index contributed by atoms with van der Waals surface area (Å²) in [5, 5.41) is 0. The van der Waals surface area contributed by atoms with Crippen molar-refractivity contribution in [2.24, 2.45) is 0 Å². The van der Waals surface area contributed by atoms with Gasteiger partial charge in [0.1, 0.15) is 5.75 Å². The van der Waals surface area contributed by atoms with Gasteiger partial charge >= 0.3 is 5.97 Å². The fourth-order valence-corrected chi connectivity index (χ4v) is 2.15. The standard InChI is InChI=1S/C19H30O3/c1-3-5-7-8-9-10-16-22-19(20)17-11-13-18(14-12-17)21-15-6-4-2/h11-14H,3-10,15-16H2,1-2H3. The summed E-state index contributed by atoms with van der Waals surface area (Å²) in [5.74, 6) is 0.564. The fraction of sp³-hybridized carbons (Fsp3) is 0.632. The van der Waals surface area contributed by atoms with Gasteiger partial charge in [0.05, 0.1) is 18.8 Å². The monoisotopic (exact) mass is 306 g/mol. The highest BCUT2D eigenvalue weighted by Gasteiger charge is 2.06. The van der Waals surface area contributed by atoms with E-state index in [1.165, 1.54) is 25.7 Å². The lowest BCUT2D eigenvalue weighted by Crippen LogP contribution is -2.06. The molecule has 0 aromatic heterocycles. The topological polar surface area (TPSA) is 35.5 Å². The van der Waals surface area contributed by atoms with E-state index in [4.69, 9.17) is 9.47 Å². The summed E-state index contributed by atoms with van der Waals surface area (Å²) >= 11 is 0. The molecule has 0 amide bonds. The average Bonchev–Trinajstić information content (AvgIpc) is 2.55. The molecule has 0 bridgehead atoms. The summed E-state index contributed by atoms with van der Waals surface area (Å²) in [5.41, 5.74) is 0.592. The van der Waals surface area contributed by atoms with Gasteiger partial charge in [0.2, 0.25) is 0 Å². The number of hydrogen-bond acceptors (Lipinski definition) is 3. The number of rotatable bonds is 12. The largest absolute Gasteiger partial charge is 0.494 e. The van der Waals surface area contributed by atoms with Crippen molar-refractivity contribution >= 4 is 5.97 Å². The highest BCUT2D eigenvalue weighted by molar-refractivity contribution is 5.89. The molecule has 1 aromatic rings. The van der Waals surface area contributed by atoms with Crippen LogP contribution in [-0.2, 0) is 4.74 Å². The first kappa shape index (κ1) is 18.5. The molecule has 0 radical (unpaired) electrons. The first-order valence-electron chi connectivity index (χ1n) is 8.68. The minimum absolute atomic E-state index is 0.242. The van der Waals surface area contributed by atoms with Crippen LogP contribution < -0.4 is 4.74 Å². The summed E-state index contributed by atoms with van der Waals surface area (Å²) in [4.78, 5) is 11.9. The van der Waals surface area contributed by atoms with E-state index in [0.717, 1.165) is 38.0 Å². The first-order chi connectivity index (χ1) is 10.8. The van der Waals surface area contributed by atoms with Crippen LogP contribution in [0.15, 0.2) is 24.3 Å². The van der Waals surface area contributed by atoms with E-state index < -0.39 is 0 Å². The molecule has 0 aliphatic heterocycles. The van der Waals surface area contributed by atoms with Gasteiger partial charge in [0.15, 0.2) is 0 Å². The molecular formula is C19H30O3. The van der Waals surface area contributed by atoms with Crippen LogP contribution in [0.3, 0.4) is 0 Å². The van der Waals surface area contributed by atoms with Crippen LogP contribution in [0.25, 0.3) is 0 Å². The molecule has 3 nitrogen and oxygen atoms in total. The number of esters is 1. The van der Waals surface area contributed by atoms with Gasteiger partial charge in [-0.2, -0.15) is 0 Å². The number of unbranched alkanes of at least 4 members (excludes halogenated alkanes) is 6. The van der Waals surface area contributed by atoms with E-state index in [0.29, 0.717) is 12.2 Å². The van der Waals surface area contributed by atoms with Crippen molar-refractivity contribution in [3.05, 3.63) is 29.8 Å². The summed E-state index contributed by atoms with van der Waals surface area (Å²) in [6.45, 7) is 5.58. The van der Waals surface area contributed by atoms with Crippen molar-refractivity contribution in [1.82, 2.24) is 0 Å². The van der Waals surface area contributed by atoms with Gasteiger partial charge in [-0.05, 0) is 37.1 Å². The van der Waals surface area contributed by atoms with Crippen LogP contribution in [0, 0.1) is 0 Å². The molecule has 0 heterocycles. The molecule has 0 unspecified atom stereocenters. The minimum atomic E-state index is -0.242. The summed E-state index contributed by atoms with van der Waals surface area (Å²) in [6.07, 6.45) is 9.31. The minimum Gasteiger partial charge on any atom is -0.494 e. The molecule has 0 aliphatic rings. The summed E-state index contributed by atoms with van der Waals surface area (Å²) < 4.78 is 10.9. The van der Waals surface area contributed by atoms with E-state index in [1.807, 2.05) is 12.1 Å². The second-order valence-electron chi connectivity index (χ2n) is 5.63. The molecule has 0 atom stereocenters. The van der Waals surface area contributed by atoms with Crippen molar-refractivity contribution in [3.8, 4) is 5.75 Å². The summed E-state index contributed by atoms with van der Waals surface area (Å²) in [7, 11) is 0. The van der Waals surface area contributed by atoms with Crippen LogP contribution >= 0.6 is 0 Å². The molecule has 3 heteroatoms. The average molecular weight is 306 g/mol. The van der Waals surface area contributed by atoms with Crippen LogP contribution in [0.4, 0.5) is 0 Å². The maximum absolute atomic E-state index is 11.9. The van der Waals surface area contributed by atoms with E-state index >= 15 is 0 Å². The summed E-state index contributed by atoms with van der Waals surface area (Å²) in [6, 6.07) is 7.20. The predicted octanol–water partition coefficient (Wildman–Crippen LogP) is 5.38. The Bertz CT molecular complexity index is 398.